The highest BCUT2D eigenvalue weighted by Gasteiger charge is 2.38. The van der Waals surface area contributed by atoms with Gasteiger partial charge in [0.25, 0.3) is 0 Å². The van der Waals surface area contributed by atoms with Crippen molar-refractivity contribution < 1.29 is 4.74 Å². The van der Waals surface area contributed by atoms with Gasteiger partial charge in [-0.15, -0.1) is 6.58 Å². The van der Waals surface area contributed by atoms with E-state index < -0.39 is 0 Å². The van der Waals surface area contributed by atoms with E-state index in [1.54, 1.807) is 0 Å². The summed E-state index contributed by atoms with van der Waals surface area (Å²) in [5, 5.41) is 3.59. The first kappa shape index (κ1) is 13.7. The minimum absolute atomic E-state index is 0.195. The summed E-state index contributed by atoms with van der Waals surface area (Å²) in [7, 11) is 1.87. The van der Waals surface area contributed by atoms with Gasteiger partial charge in [0.15, 0.2) is 0 Å². The second-order valence-electron chi connectivity index (χ2n) is 4.92. The van der Waals surface area contributed by atoms with Gasteiger partial charge in [-0.3, -0.25) is 0 Å². The maximum absolute atomic E-state index is 5.70. The molecule has 1 aliphatic carbocycles. The average molecular weight is 225 g/mol. The lowest BCUT2D eigenvalue weighted by atomic mass is 9.75. The number of nitrogens with one attached hydrogen (secondary N) is 1. The third-order valence-electron chi connectivity index (χ3n) is 3.77. The zero-order valence-corrected chi connectivity index (χ0v) is 10.9. The van der Waals surface area contributed by atoms with Gasteiger partial charge in [0, 0.05) is 13.2 Å². The molecule has 0 aliphatic heterocycles. The minimum Gasteiger partial charge on any atom is -0.378 e. The van der Waals surface area contributed by atoms with Crippen LogP contribution in [-0.2, 0) is 4.74 Å². The molecule has 0 bridgehead atoms. The molecule has 94 valence electrons. The van der Waals surface area contributed by atoms with Crippen molar-refractivity contribution in [1.82, 2.24) is 5.32 Å². The van der Waals surface area contributed by atoms with Gasteiger partial charge in [0.05, 0.1) is 5.60 Å². The van der Waals surface area contributed by atoms with Gasteiger partial charge in [-0.1, -0.05) is 13.0 Å². The quantitative estimate of drug-likeness (QED) is 0.480. The van der Waals surface area contributed by atoms with Crippen LogP contribution < -0.4 is 5.32 Å². The minimum atomic E-state index is 0.195. The molecule has 1 saturated carbocycles. The van der Waals surface area contributed by atoms with Crippen molar-refractivity contribution in [2.75, 3.05) is 13.7 Å². The number of ether oxygens (including phenoxy) is 1. The Labute approximate surface area is 100 Å². The Bertz CT molecular complexity index is 193. The summed E-state index contributed by atoms with van der Waals surface area (Å²) in [6.45, 7) is 7.01. The second-order valence-corrected chi connectivity index (χ2v) is 4.92. The van der Waals surface area contributed by atoms with Crippen LogP contribution in [0.3, 0.4) is 0 Å². The van der Waals surface area contributed by atoms with E-state index in [0.29, 0.717) is 6.04 Å². The Kier molecular flexibility index (Phi) is 6.07. The van der Waals surface area contributed by atoms with Crippen molar-refractivity contribution >= 4 is 0 Å². The van der Waals surface area contributed by atoms with Crippen LogP contribution in [0.1, 0.15) is 51.9 Å². The largest absolute Gasteiger partial charge is 0.378 e. The molecule has 2 nitrogen and oxygen atoms in total. The number of hydrogen-bond donors (Lipinski definition) is 1. The fourth-order valence-corrected chi connectivity index (χ4v) is 2.59. The summed E-state index contributed by atoms with van der Waals surface area (Å²) in [6, 6.07) is 0.616. The zero-order valence-electron chi connectivity index (χ0n) is 10.9. The lowest BCUT2D eigenvalue weighted by Crippen LogP contribution is -2.45. The molecule has 1 aliphatic rings. The normalized spacial score (nSPS) is 20.1. The van der Waals surface area contributed by atoms with E-state index in [-0.39, 0.29) is 5.60 Å². The van der Waals surface area contributed by atoms with E-state index >= 15 is 0 Å². The molecule has 16 heavy (non-hydrogen) atoms. The van der Waals surface area contributed by atoms with Crippen LogP contribution in [0.5, 0.6) is 0 Å². The molecule has 1 rings (SSSR count). The van der Waals surface area contributed by atoms with E-state index in [9.17, 15) is 0 Å². The summed E-state index contributed by atoms with van der Waals surface area (Å²) in [6.07, 6.45) is 10.6. The molecule has 1 atom stereocenters. The number of methoxy groups -OCH3 is 1. The Morgan fingerprint density at radius 1 is 1.50 bits per heavy atom. The number of allylic oxidation sites excluding steroid dienone is 1. The molecule has 1 unspecified atom stereocenters. The van der Waals surface area contributed by atoms with Crippen LogP contribution >= 0.6 is 0 Å². The highest BCUT2D eigenvalue weighted by atomic mass is 16.5. The van der Waals surface area contributed by atoms with E-state index in [2.05, 4.69) is 18.8 Å². The number of hydrogen-bond acceptors (Lipinski definition) is 2. The molecule has 0 spiro atoms. The van der Waals surface area contributed by atoms with Gasteiger partial charge in [-0.25, -0.2) is 0 Å². The second kappa shape index (κ2) is 7.08. The summed E-state index contributed by atoms with van der Waals surface area (Å²) in [5.41, 5.74) is 0.195. The van der Waals surface area contributed by atoms with Crippen molar-refractivity contribution in [3.05, 3.63) is 12.7 Å². The molecule has 0 saturated heterocycles. The summed E-state index contributed by atoms with van der Waals surface area (Å²) >= 11 is 0. The molecular weight excluding hydrogens is 198 g/mol. The zero-order chi connectivity index (χ0) is 11.9. The van der Waals surface area contributed by atoms with Gasteiger partial charge in [-0.2, -0.15) is 0 Å². The summed E-state index contributed by atoms with van der Waals surface area (Å²) < 4.78 is 5.70. The first-order chi connectivity index (χ1) is 7.76. The Balaban J connectivity index is 2.33. The maximum Gasteiger partial charge on any atom is 0.0693 e. The molecule has 2 heteroatoms. The van der Waals surface area contributed by atoms with Crippen LogP contribution in [0.25, 0.3) is 0 Å². The molecular formula is C14H27NO. The molecule has 0 aromatic carbocycles. The lowest BCUT2D eigenvalue weighted by molar-refractivity contribution is -0.0838. The van der Waals surface area contributed by atoms with Gasteiger partial charge >= 0.3 is 0 Å². The number of rotatable bonds is 9. The van der Waals surface area contributed by atoms with Crippen LogP contribution in [0.15, 0.2) is 12.7 Å². The van der Waals surface area contributed by atoms with Crippen LogP contribution in [0, 0.1) is 0 Å². The molecule has 1 N–H and O–H groups in total. The van der Waals surface area contributed by atoms with E-state index in [1.807, 2.05) is 13.2 Å². The topological polar surface area (TPSA) is 21.3 Å². The smallest absolute Gasteiger partial charge is 0.0693 e. The summed E-state index contributed by atoms with van der Waals surface area (Å²) in [4.78, 5) is 0. The van der Waals surface area contributed by atoms with Crippen molar-refractivity contribution in [2.45, 2.75) is 63.5 Å². The lowest BCUT2D eigenvalue weighted by Gasteiger charge is -2.43. The third-order valence-corrected chi connectivity index (χ3v) is 3.77. The highest BCUT2D eigenvalue weighted by molar-refractivity contribution is 4.93. The van der Waals surface area contributed by atoms with Crippen molar-refractivity contribution in [3.8, 4) is 0 Å². The van der Waals surface area contributed by atoms with E-state index in [0.717, 1.165) is 13.0 Å². The van der Waals surface area contributed by atoms with Gasteiger partial charge in [-0.05, 0) is 51.5 Å². The Morgan fingerprint density at radius 2 is 2.25 bits per heavy atom. The molecule has 1 fully saturated rings. The molecule has 0 aromatic heterocycles. The predicted molar refractivity (Wildman–Crippen MR) is 69.7 cm³/mol. The number of unbranched alkanes of at least 4 members (excludes halogenated alkanes) is 1. The van der Waals surface area contributed by atoms with Crippen molar-refractivity contribution in [2.24, 2.45) is 0 Å². The van der Waals surface area contributed by atoms with Crippen molar-refractivity contribution in [1.29, 1.82) is 0 Å². The first-order valence-corrected chi connectivity index (χ1v) is 6.66. The van der Waals surface area contributed by atoms with Gasteiger partial charge < -0.3 is 10.1 Å². The van der Waals surface area contributed by atoms with Crippen LogP contribution in [0.4, 0.5) is 0 Å². The van der Waals surface area contributed by atoms with Crippen LogP contribution in [0.2, 0.25) is 0 Å². The predicted octanol–water partition coefficient (Wildman–Crippen LogP) is 3.28. The highest BCUT2D eigenvalue weighted by Crippen LogP contribution is 2.39. The molecule has 0 aromatic rings. The molecule has 0 radical (unpaired) electrons. The monoisotopic (exact) mass is 225 g/mol. The third kappa shape index (κ3) is 3.91. The van der Waals surface area contributed by atoms with Crippen LogP contribution in [-0.4, -0.2) is 25.3 Å². The summed E-state index contributed by atoms with van der Waals surface area (Å²) in [5.74, 6) is 0. The molecule has 0 heterocycles. The first-order valence-electron chi connectivity index (χ1n) is 6.66. The maximum atomic E-state index is 5.70. The van der Waals surface area contributed by atoms with E-state index in [4.69, 9.17) is 4.74 Å². The SMILES string of the molecule is C=CCCCC(CC1(OC)CCC1)NCC. The van der Waals surface area contributed by atoms with Gasteiger partial charge in [0.2, 0.25) is 0 Å². The fourth-order valence-electron chi connectivity index (χ4n) is 2.59. The Morgan fingerprint density at radius 3 is 2.69 bits per heavy atom. The van der Waals surface area contributed by atoms with E-state index in [1.165, 1.54) is 38.5 Å². The molecule has 0 amide bonds. The standard InChI is InChI=1S/C14H27NO/c1-4-6-7-9-13(15-5-2)12-14(16-3)10-8-11-14/h4,13,15H,1,5-12H2,2-3H3. The van der Waals surface area contributed by atoms with Crippen molar-refractivity contribution in [3.63, 3.8) is 0 Å². The average Bonchev–Trinajstić information content (AvgIpc) is 2.23. The fraction of sp³-hybridized carbons (Fsp3) is 0.857. The van der Waals surface area contributed by atoms with Gasteiger partial charge in [0.1, 0.15) is 0 Å². The Hall–Kier alpha value is -0.340.